The van der Waals surface area contributed by atoms with Gasteiger partial charge in [-0.05, 0) is 19.1 Å². The number of methoxy groups -OCH3 is 2. The smallest absolute Gasteiger partial charge is 0.295 e. The summed E-state index contributed by atoms with van der Waals surface area (Å²) < 4.78 is 16.1. The summed E-state index contributed by atoms with van der Waals surface area (Å²) in [5.74, 6) is 2.13. The van der Waals surface area contributed by atoms with Crippen LogP contribution in [0, 0.1) is 6.92 Å². The lowest BCUT2D eigenvalue weighted by Gasteiger charge is -2.07. The number of ether oxygens (including phenoxy) is 2. The minimum atomic E-state index is 0.490. The molecular formula is C13H16N2O3. The maximum Gasteiger partial charge on any atom is 0.295 e. The Labute approximate surface area is 106 Å². The Hall–Kier alpha value is -2.17. The standard InChI is InChI=1S/C13H16N2O3/c1-8-12(18-13(14-2)15-8)9-5-10(16-3)7-11(6-9)17-4/h5-7H,1-4H3,(H,14,15). The van der Waals surface area contributed by atoms with E-state index in [1.54, 1.807) is 21.3 Å². The third-order valence-corrected chi connectivity index (χ3v) is 2.62. The fourth-order valence-corrected chi connectivity index (χ4v) is 1.71. The second-order valence-corrected chi connectivity index (χ2v) is 3.78. The van der Waals surface area contributed by atoms with Crippen molar-refractivity contribution in [3.05, 3.63) is 23.9 Å². The number of aryl methyl sites for hydroxylation is 1. The van der Waals surface area contributed by atoms with Gasteiger partial charge in [-0.2, -0.15) is 4.98 Å². The maximum absolute atomic E-state index is 5.62. The number of hydrogen-bond acceptors (Lipinski definition) is 5. The van der Waals surface area contributed by atoms with E-state index in [-0.39, 0.29) is 0 Å². The molecule has 0 unspecified atom stereocenters. The highest BCUT2D eigenvalue weighted by atomic mass is 16.5. The average molecular weight is 248 g/mol. The molecule has 5 heteroatoms. The zero-order valence-corrected chi connectivity index (χ0v) is 10.9. The molecule has 2 aromatic rings. The number of nitrogens with zero attached hydrogens (tertiary/aromatic N) is 1. The molecule has 0 bridgehead atoms. The quantitative estimate of drug-likeness (QED) is 0.901. The van der Waals surface area contributed by atoms with Crippen LogP contribution in [0.5, 0.6) is 11.5 Å². The van der Waals surface area contributed by atoms with Gasteiger partial charge in [-0.3, -0.25) is 0 Å². The third kappa shape index (κ3) is 2.25. The van der Waals surface area contributed by atoms with E-state index >= 15 is 0 Å². The highest BCUT2D eigenvalue weighted by Gasteiger charge is 2.13. The molecule has 0 saturated heterocycles. The van der Waals surface area contributed by atoms with Crippen LogP contribution in [0.3, 0.4) is 0 Å². The van der Waals surface area contributed by atoms with Crippen molar-refractivity contribution >= 4 is 6.01 Å². The van der Waals surface area contributed by atoms with Crippen LogP contribution in [0.4, 0.5) is 6.01 Å². The molecule has 0 radical (unpaired) electrons. The van der Waals surface area contributed by atoms with Crippen LogP contribution in [0.2, 0.25) is 0 Å². The molecular weight excluding hydrogens is 232 g/mol. The first-order valence-electron chi connectivity index (χ1n) is 5.56. The molecule has 0 spiro atoms. The average Bonchev–Trinajstić information content (AvgIpc) is 2.79. The highest BCUT2D eigenvalue weighted by molar-refractivity contribution is 5.65. The molecule has 1 aromatic heterocycles. The van der Waals surface area contributed by atoms with Crippen molar-refractivity contribution in [3.63, 3.8) is 0 Å². The monoisotopic (exact) mass is 248 g/mol. The predicted octanol–water partition coefficient (Wildman–Crippen LogP) is 2.71. The van der Waals surface area contributed by atoms with Crippen LogP contribution >= 0.6 is 0 Å². The maximum atomic E-state index is 5.62. The largest absolute Gasteiger partial charge is 0.497 e. The van der Waals surface area contributed by atoms with Crippen molar-refractivity contribution in [1.82, 2.24) is 4.98 Å². The van der Waals surface area contributed by atoms with Crippen LogP contribution in [0.1, 0.15) is 5.69 Å². The van der Waals surface area contributed by atoms with Gasteiger partial charge in [-0.1, -0.05) is 0 Å². The molecule has 1 N–H and O–H groups in total. The van der Waals surface area contributed by atoms with Gasteiger partial charge in [0.05, 0.1) is 19.9 Å². The summed E-state index contributed by atoms with van der Waals surface area (Å²) in [5, 5.41) is 2.87. The molecule has 1 heterocycles. The molecule has 0 amide bonds. The molecule has 96 valence electrons. The van der Waals surface area contributed by atoms with Gasteiger partial charge in [0.1, 0.15) is 11.5 Å². The van der Waals surface area contributed by atoms with E-state index in [9.17, 15) is 0 Å². The molecule has 0 aliphatic carbocycles. The molecule has 0 atom stereocenters. The van der Waals surface area contributed by atoms with E-state index in [0.717, 1.165) is 11.3 Å². The van der Waals surface area contributed by atoms with E-state index in [4.69, 9.17) is 13.9 Å². The van der Waals surface area contributed by atoms with Crippen molar-refractivity contribution < 1.29 is 13.9 Å². The van der Waals surface area contributed by atoms with Gasteiger partial charge >= 0.3 is 0 Å². The van der Waals surface area contributed by atoms with E-state index in [1.165, 1.54) is 0 Å². The van der Waals surface area contributed by atoms with E-state index in [2.05, 4.69) is 10.3 Å². The molecule has 1 aromatic carbocycles. The number of hydrogen-bond donors (Lipinski definition) is 1. The fraction of sp³-hybridized carbons (Fsp3) is 0.308. The zero-order chi connectivity index (χ0) is 13.1. The van der Waals surface area contributed by atoms with Gasteiger partial charge in [0.15, 0.2) is 5.76 Å². The predicted molar refractivity (Wildman–Crippen MR) is 69.3 cm³/mol. The molecule has 5 nitrogen and oxygen atoms in total. The number of anilines is 1. The van der Waals surface area contributed by atoms with Gasteiger partial charge in [-0.25, -0.2) is 0 Å². The van der Waals surface area contributed by atoms with Crippen LogP contribution in [-0.4, -0.2) is 26.3 Å². The third-order valence-electron chi connectivity index (χ3n) is 2.62. The van der Waals surface area contributed by atoms with E-state index < -0.39 is 0 Å². The Morgan fingerprint density at radius 2 is 1.72 bits per heavy atom. The van der Waals surface area contributed by atoms with Crippen molar-refractivity contribution in [1.29, 1.82) is 0 Å². The summed E-state index contributed by atoms with van der Waals surface area (Å²) >= 11 is 0. The second-order valence-electron chi connectivity index (χ2n) is 3.78. The highest BCUT2D eigenvalue weighted by Crippen LogP contribution is 2.32. The first-order chi connectivity index (χ1) is 8.67. The van der Waals surface area contributed by atoms with Crippen molar-refractivity contribution in [2.24, 2.45) is 0 Å². The van der Waals surface area contributed by atoms with Crippen LogP contribution in [-0.2, 0) is 0 Å². The fourth-order valence-electron chi connectivity index (χ4n) is 1.71. The summed E-state index contributed by atoms with van der Waals surface area (Å²) in [4.78, 5) is 4.26. The summed E-state index contributed by atoms with van der Waals surface area (Å²) in [5.41, 5.74) is 1.69. The topological polar surface area (TPSA) is 56.5 Å². The number of aromatic nitrogens is 1. The summed E-state index contributed by atoms with van der Waals surface area (Å²) in [6, 6.07) is 6.07. The first-order valence-corrected chi connectivity index (χ1v) is 5.56. The summed E-state index contributed by atoms with van der Waals surface area (Å²) in [6.07, 6.45) is 0. The van der Waals surface area contributed by atoms with E-state index in [0.29, 0.717) is 23.3 Å². The first kappa shape index (κ1) is 12.3. The Morgan fingerprint density at radius 3 is 2.17 bits per heavy atom. The molecule has 0 fully saturated rings. The SMILES string of the molecule is CNc1nc(C)c(-c2cc(OC)cc(OC)c2)o1. The summed E-state index contributed by atoms with van der Waals surface area (Å²) in [6.45, 7) is 1.89. The number of nitrogens with one attached hydrogen (secondary N) is 1. The Bertz CT molecular complexity index is 527. The van der Waals surface area contributed by atoms with Crippen LogP contribution in [0.25, 0.3) is 11.3 Å². The molecule has 18 heavy (non-hydrogen) atoms. The normalized spacial score (nSPS) is 10.2. The van der Waals surface area contributed by atoms with Crippen LogP contribution in [0.15, 0.2) is 22.6 Å². The minimum Gasteiger partial charge on any atom is -0.497 e. The molecule has 0 aliphatic heterocycles. The summed E-state index contributed by atoms with van der Waals surface area (Å²) in [7, 11) is 5.00. The Morgan fingerprint density at radius 1 is 1.11 bits per heavy atom. The minimum absolute atomic E-state index is 0.490. The lowest BCUT2D eigenvalue weighted by molar-refractivity contribution is 0.394. The second kappa shape index (κ2) is 5.00. The lowest BCUT2D eigenvalue weighted by atomic mass is 10.1. The molecule has 2 rings (SSSR count). The zero-order valence-electron chi connectivity index (χ0n) is 10.9. The van der Waals surface area contributed by atoms with Crippen LogP contribution < -0.4 is 14.8 Å². The lowest BCUT2D eigenvalue weighted by Crippen LogP contribution is -1.89. The van der Waals surface area contributed by atoms with Crippen molar-refractivity contribution in [2.75, 3.05) is 26.6 Å². The number of benzene rings is 1. The molecule has 0 aliphatic rings. The van der Waals surface area contributed by atoms with Gasteiger partial charge in [0, 0.05) is 18.7 Å². The number of rotatable bonds is 4. The van der Waals surface area contributed by atoms with Gasteiger partial charge in [0.25, 0.3) is 6.01 Å². The Balaban J connectivity index is 2.51. The van der Waals surface area contributed by atoms with Crippen molar-refractivity contribution in [2.45, 2.75) is 6.92 Å². The number of oxazole rings is 1. The van der Waals surface area contributed by atoms with Gasteiger partial charge < -0.3 is 19.2 Å². The van der Waals surface area contributed by atoms with Crippen molar-refractivity contribution in [3.8, 4) is 22.8 Å². The van der Waals surface area contributed by atoms with E-state index in [1.807, 2.05) is 25.1 Å². The van der Waals surface area contributed by atoms with Gasteiger partial charge in [-0.15, -0.1) is 0 Å². The van der Waals surface area contributed by atoms with Gasteiger partial charge in [0.2, 0.25) is 0 Å². The molecule has 0 saturated carbocycles. The Kier molecular flexibility index (Phi) is 3.41.